The molecule has 0 spiro atoms. The number of hydrogen-bond donors (Lipinski definition) is 2. The smallest absolute Gasteiger partial charge is 0.254 e. The summed E-state index contributed by atoms with van der Waals surface area (Å²) in [5, 5.41) is 8.26. The van der Waals surface area contributed by atoms with E-state index in [0.717, 1.165) is 16.6 Å². The molecule has 4 heterocycles. The van der Waals surface area contributed by atoms with E-state index < -0.39 is 5.91 Å². The van der Waals surface area contributed by atoms with Gasteiger partial charge in [-0.15, -0.1) is 0 Å². The lowest BCUT2D eigenvalue weighted by molar-refractivity contribution is 0.100. The van der Waals surface area contributed by atoms with Gasteiger partial charge in [0.2, 0.25) is 0 Å². The molecule has 0 bridgehead atoms. The lowest BCUT2D eigenvalue weighted by Gasteiger charge is -2.07. The van der Waals surface area contributed by atoms with Gasteiger partial charge in [0.05, 0.1) is 18.5 Å². The molecule has 3 N–H and O–H groups in total. The molecular formula is C18H19N7O2. The number of anilines is 1. The van der Waals surface area contributed by atoms with E-state index in [1.165, 1.54) is 6.20 Å². The van der Waals surface area contributed by atoms with Crippen LogP contribution in [0.3, 0.4) is 0 Å². The molecule has 0 atom stereocenters. The van der Waals surface area contributed by atoms with E-state index >= 15 is 0 Å². The molecule has 0 aliphatic heterocycles. The fourth-order valence-electron chi connectivity index (χ4n) is 3.14. The lowest BCUT2D eigenvalue weighted by atomic mass is 10.1. The van der Waals surface area contributed by atoms with Crippen molar-refractivity contribution >= 4 is 28.4 Å². The molecule has 0 aromatic carbocycles. The Bertz CT molecular complexity index is 1150. The zero-order valence-corrected chi connectivity index (χ0v) is 15.0. The fourth-order valence-corrected chi connectivity index (χ4v) is 3.14. The summed E-state index contributed by atoms with van der Waals surface area (Å²) in [4.78, 5) is 20.9. The third-order valence-corrected chi connectivity index (χ3v) is 4.44. The molecule has 0 saturated carbocycles. The van der Waals surface area contributed by atoms with E-state index in [9.17, 15) is 4.79 Å². The summed E-state index contributed by atoms with van der Waals surface area (Å²) in [6, 6.07) is 5.77. The highest BCUT2D eigenvalue weighted by Gasteiger charge is 2.18. The van der Waals surface area contributed by atoms with E-state index in [4.69, 9.17) is 10.5 Å². The van der Waals surface area contributed by atoms with Gasteiger partial charge in [-0.1, -0.05) is 0 Å². The summed E-state index contributed by atoms with van der Waals surface area (Å²) in [6.07, 6.45) is 5.18. The van der Waals surface area contributed by atoms with Gasteiger partial charge in [0, 0.05) is 50.1 Å². The highest BCUT2D eigenvalue weighted by molar-refractivity contribution is 5.99. The van der Waals surface area contributed by atoms with Crippen molar-refractivity contribution in [2.45, 2.75) is 6.54 Å². The minimum atomic E-state index is -0.569. The van der Waals surface area contributed by atoms with Gasteiger partial charge in [-0.05, 0) is 12.1 Å². The van der Waals surface area contributed by atoms with Crippen LogP contribution in [0.15, 0.2) is 36.8 Å². The molecule has 138 valence electrons. The average molecular weight is 365 g/mol. The van der Waals surface area contributed by atoms with E-state index in [-0.39, 0.29) is 5.56 Å². The highest BCUT2D eigenvalue weighted by atomic mass is 16.5. The fraction of sp³-hybridized carbons (Fsp3) is 0.222. The van der Waals surface area contributed by atoms with Crippen LogP contribution in [0.1, 0.15) is 10.4 Å². The maximum atomic E-state index is 11.7. The first-order valence-corrected chi connectivity index (χ1v) is 8.43. The Hall–Kier alpha value is -3.46. The normalized spacial score (nSPS) is 11.3. The Morgan fingerprint density at radius 3 is 2.96 bits per heavy atom. The number of nitrogens with two attached hydrogens (primary N) is 1. The number of carbonyl (C=O) groups excluding carboxylic acids is 1. The number of primary amides is 1. The predicted octanol–water partition coefficient (Wildman–Crippen LogP) is 1.53. The van der Waals surface area contributed by atoms with Crippen LogP contribution < -0.4 is 11.1 Å². The molecule has 0 fully saturated rings. The van der Waals surface area contributed by atoms with Gasteiger partial charge < -0.3 is 20.4 Å². The Morgan fingerprint density at radius 1 is 1.37 bits per heavy atom. The first kappa shape index (κ1) is 17.0. The zero-order chi connectivity index (χ0) is 19.0. The summed E-state index contributed by atoms with van der Waals surface area (Å²) >= 11 is 0. The van der Waals surface area contributed by atoms with Crippen LogP contribution in [-0.2, 0) is 11.3 Å². The van der Waals surface area contributed by atoms with Crippen LogP contribution in [0, 0.1) is 0 Å². The first-order chi connectivity index (χ1) is 13.1. The standard InChI is InChI=1S/C18H19N7O2/c1-20-15-8-14(23-18-12(16(19)26)9-22-25(15)18)13-10-24(6-7-27-2)17-11(13)4-3-5-21-17/h3-5,8-10,20H,6-7H2,1-2H3,(H2,19,26). The minimum Gasteiger partial charge on any atom is -0.383 e. The number of carbonyl (C=O) groups is 1. The van der Waals surface area contributed by atoms with Crippen molar-refractivity contribution in [3.8, 4) is 11.3 Å². The maximum Gasteiger partial charge on any atom is 0.254 e. The van der Waals surface area contributed by atoms with Crippen LogP contribution in [0.4, 0.5) is 5.82 Å². The molecule has 9 heteroatoms. The van der Waals surface area contributed by atoms with E-state index in [1.54, 1.807) is 24.9 Å². The van der Waals surface area contributed by atoms with Crippen LogP contribution in [0.2, 0.25) is 0 Å². The van der Waals surface area contributed by atoms with Crippen LogP contribution in [0.25, 0.3) is 27.9 Å². The summed E-state index contributed by atoms with van der Waals surface area (Å²) in [5.41, 5.74) is 8.61. The van der Waals surface area contributed by atoms with Crippen molar-refractivity contribution in [3.05, 3.63) is 42.4 Å². The van der Waals surface area contributed by atoms with Crippen molar-refractivity contribution in [2.75, 3.05) is 26.1 Å². The number of ether oxygens (including phenoxy) is 1. The second-order valence-corrected chi connectivity index (χ2v) is 6.04. The lowest BCUT2D eigenvalue weighted by Crippen LogP contribution is -2.11. The monoisotopic (exact) mass is 365 g/mol. The van der Waals surface area contributed by atoms with Crippen LogP contribution in [0.5, 0.6) is 0 Å². The summed E-state index contributed by atoms with van der Waals surface area (Å²) in [5.74, 6) is 0.130. The van der Waals surface area contributed by atoms with Gasteiger partial charge in [-0.3, -0.25) is 4.79 Å². The average Bonchev–Trinajstić information content (AvgIpc) is 3.27. The molecule has 4 rings (SSSR count). The van der Waals surface area contributed by atoms with Gasteiger partial charge >= 0.3 is 0 Å². The van der Waals surface area contributed by atoms with Crippen molar-refractivity contribution in [1.29, 1.82) is 0 Å². The van der Waals surface area contributed by atoms with Gasteiger partial charge in [0.25, 0.3) is 5.91 Å². The highest BCUT2D eigenvalue weighted by Crippen LogP contribution is 2.30. The SMILES string of the molecule is CNc1cc(-c2cn(CCOC)c3ncccc23)nc2c(C(N)=O)cnn12. The van der Waals surface area contributed by atoms with Crippen molar-refractivity contribution < 1.29 is 9.53 Å². The first-order valence-electron chi connectivity index (χ1n) is 8.43. The number of nitrogens with one attached hydrogen (secondary N) is 1. The topological polar surface area (TPSA) is 112 Å². The number of amides is 1. The number of pyridine rings is 1. The molecule has 0 unspecified atom stereocenters. The third-order valence-electron chi connectivity index (χ3n) is 4.44. The molecule has 0 aliphatic carbocycles. The molecule has 0 aliphatic rings. The molecular weight excluding hydrogens is 346 g/mol. The number of aromatic nitrogens is 5. The van der Waals surface area contributed by atoms with Crippen molar-refractivity contribution in [2.24, 2.45) is 5.73 Å². The van der Waals surface area contributed by atoms with Crippen LogP contribution >= 0.6 is 0 Å². The van der Waals surface area contributed by atoms with Crippen molar-refractivity contribution in [3.63, 3.8) is 0 Å². The number of methoxy groups -OCH3 is 1. The second-order valence-electron chi connectivity index (χ2n) is 6.04. The summed E-state index contributed by atoms with van der Waals surface area (Å²) in [7, 11) is 3.45. The summed E-state index contributed by atoms with van der Waals surface area (Å²) in [6.45, 7) is 1.24. The third kappa shape index (κ3) is 2.77. The largest absolute Gasteiger partial charge is 0.383 e. The van der Waals surface area contributed by atoms with Gasteiger partial charge in [0.1, 0.15) is 17.0 Å². The second kappa shape index (κ2) is 6.69. The number of hydrogen-bond acceptors (Lipinski definition) is 6. The number of nitrogens with zero attached hydrogens (tertiary/aromatic N) is 5. The number of fused-ring (bicyclic) bond motifs is 2. The van der Waals surface area contributed by atoms with Crippen LogP contribution in [-0.4, -0.2) is 50.8 Å². The molecule has 1 amide bonds. The Morgan fingerprint density at radius 2 is 2.22 bits per heavy atom. The van der Waals surface area contributed by atoms with Gasteiger partial charge in [-0.2, -0.15) is 9.61 Å². The van der Waals surface area contributed by atoms with E-state index in [2.05, 4.69) is 20.4 Å². The van der Waals surface area contributed by atoms with E-state index in [1.807, 2.05) is 29.0 Å². The Kier molecular flexibility index (Phi) is 4.21. The molecule has 9 nitrogen and oxygen atoms in total. The molecule has 0 radical (unpaired) electrons. The molecule has 27 heavy (non-hydrogen) atoms. The molecule has 4 aromatic heterocycles. The number of rotatable bonds is 6. The molecule has 4 aromatic rings. The minimum absolute atomic E-state index is 0.273. The van der Waals surface area contributed by atoms with E-state index in [0.29, 0.717) is 30.3 Å². The quantitative estimate of drug-likeness (QED) is 0.536. The van der Waals surface area contributed by atoms with Gasteiger partial charge in [-0.25, -0.2) is 9.97 Å². The summed E-state index contributed by atoms with van der Waals surface area (Å²) < 4.78 is 8.79. The zero-order valence-electron chi connectivity index (χ0n) is 15.0. The Balaban J connectivity index is 1.96. The Labute approximate surface area is 154 Å². The maximum absolute atomic E-state index is 11.7. The van der Waals surface area contributed by atoms with Crippen molar-refractivity contribution in [1.82, 2.24) is 24.1 Å². The predicted molar refractivity (Wildman–Crippen MR) is 102 cm³/mol. The van der Waals surface area contributed by atoms with Gasteiger partial charge in [0.15, 0.2) is 5.65 Å². The molecule has 0 saturated heterocycles.